The van der Waals surface area contributed by atoms with Crippen LogP contribution in [0.5, 0.6) is 0 Å². The number of hydrogen-bond acceptors (Lipinski definition) is 3. The summed E-state index contributed by atoms with van der Waals surface area (Å²) >= 11 is 0. The van der Waals surface area contributed by atoms with Gasteiger partial charge in [0.15, 0.2) is 17.5 Å². The van der Waals surface area contributed by atoms with Gasteiger partial charge in [-0.25, -0.2) is 15.0 Å². The van der Waals surface area contributed by atoms with Gasteiger partial charge in [-0.15, -0.1) is 0 Å². The van der Waals surface area contributed by atoms with Crippen molar-refractivity contribution in [3.8, 4) is 56.7 Å². The van der Waals surface area contributed by atoms with Gasteiger partial charge in [0.05, 0.1) is 27.5 Å². The lowest BCUT2D eigenvalue weighted by atomic mass is 9.67. The number of rotatable bonds is 7. The monoisotopic (exact) mass is 879 g/mol. The van der Waals surface area contributed by atoms with Gasteiger partial charge in [0.2, 0.25) is 0 Å². The first-order chi connectivity index (χ1) is 34.2. The van der Waals surface area contributed by atoms with Crippen molar-refractivity contribution in [2.24, 2.45) is 0 Å². The molecule has 14 rings (SSSR count). The number of hydrogen-bond donors (Lipinski definition) is 0. The second-order valence-corrected chi connectivity index (χ2v) is 17.9. The fourth-order valence-electron chi connectivity index (χ4n) is 11.3. The molecular formula is C64H41N5. The molecule has 5 nitrogen and oxygen atoms in total. The third kappa shape index (κ3) is 5.87. The Labute approximate surface area is 398 Å². The Morgan fingerprint density at radius 1 is 0.304 bits per heavy atom. The van der Waals surface area contributed by atoms with Crippen molar-refractivity contribution in [1.82, 2.24) is 24.1 Å². The molecule has 0 saturated carbocycles. The summed E-state index contributed by atoms with van der Waals surface area (Å²) in [6.07, 6.45) is 0. The minimum atomic E-state index is -0.692. The molecule has 5 heteroatoms. The molecule has 13 aromatic rings. The standard InChI is InChI=1S/C64H41N5/c1-6-20-42(21-7-1)61-65-62(43-22-8-2-9-23-43)67-63(66-61)44-34-36-49-50-37-35-48(41-55(50)64(54(49)40-44,45-24-10-3-11-25-45)46-26-12-4-13-27-46)68-57-33-19-17-31-53(57)59-58(68)39-38-52-51-30-16-18-32-56(51)69(60(52)59)47-28-14-5-15-29-47/h1-41H. The van der Waals surface area contributed by atoms with E-state index in [0.717, 1.165) is 39.1 Å². The maximum atomic E-state index is 5.21. The summed E-state index contributed by atoms with van der Waals surface area (Å²) in [5.41, 5.74) is 16.2. The Morgan fingerprint density at radius 3 is 1.39 bits per heavy atom. The van der Waals surface area contributed by atoms with E-state index in [0.29, 0.717) is 17.5 Å². The Morgan fingerprint density at radius 2 is 0.783 bits per heavy atom. The smallest absolute Gasteiger partial charge is 0.164 e. The number of aromatic nitrogens is 5. The molecular weight excluding hydrogens is 839 g/mol. The molecule has 10 aromatic carbocycles. The predicted molar refractivity (Wildman–Crippen MR) is 282 cm³/mol. The highest BCUT2D eigenvalue weighted by molar-refractivity contribution is 6.26. The Hall–Kier alpha value is -9.19. The molecule has 0 N–H and O–H groups in total. The maximum Gasteiger partial charge on any atom is 0.164 e. The Balaban J connectivity index is 1.04. The molecule has 0 bridgehead atoms. The molecule has 3 aromatic heterocycles. The van der Waals surface area contributed by atoms with Crippen LogP contribution in [0, 0.1) is 0 Å². The molecule has 0 fully saturated rings. The molecule has 69 heavy (non-hydrogen) atoms. The van der Waals surface area contributed by atoms with Crippen molar-refractivity contribution in [1.29, 1.82) is 0 Å². The van der Waals surface area contributed by atoms with E-state index in [1.165, 1.54) is 66.0 Å². The van der Waals surface area contributed by atoms with E-state index in [4.69, 9.17) is 15.0 Å². The average Bonchev–Trinajstić information content (AvgIpc) is 4.06. The predicted octanol–water partition coefficient (Wildman–Crippen LogP) is 15.4. The van der Waals surface area contributed by atoms with Crippen molar-refractivity contribution >= 4 is 43.6 Å². The van der Waals surface area contributed by atoms with Crippen molar-refractivity contribution in [3.05, 3.63) is 271 Å². The van der Waals surface area contributed by atoms with Crippen LogP contribution in [0.1, 0.15) is 22.3 Å². The molecule has 1 aliphatic carbocycles. The highest BCUT2D eigenvalue weighted by atomic mass is 15.0. The minimum absolute atomic E-state index is 0.627. The van der Waals surface area contributed by atoms with E-state index in [9.17, 15) is 0 Å². The van der Waals surface area contributed by atoms with Crippen LogP contribution in [0.4, 0.5) is 0 Å². The number of para-hydroxylation sites is 3. The third-order valence-corrected chi connectivity index (χ3v) is 14.2. The molecule has 0 aliphatic heterocycles. The van der Waals surface area contributed by atoms with Crippen LogP contribution >= 0.6 is 0 Å². The van der Waals surface area contributed by atoms with Crippen molar-refractivity contribution in [3.63, 3.8) is 0 Å². The zero-order chi connectivity index (χ0) is 45.5. The molecule has 1 aliphatic rings. The summed E-state index contributed by atoms with van der Waals surface area (Å²) in [5.74, 6) is 1.90. The second-order valence-electron chi connectivity index (χ2n) is 17.9. The topological polar surface area (TPSA) is 48.5 Å². The minimum Gasteiger partial charge on any atom is -0.309 e. The van der Waals surface area contributed by atoms with Crippen LogP contribution < -0.4 is 0 Å². The molecule has 0 spiro atoms. The first-order valence-corrected chi connectivity index (χ1v) is 23.5. The van der Waals surface area contributed by atoms with Crippen LogP contribution in [0.25, 0.3) is 100 Å². The highest BCUT2D eigenvalue weighted by Crippen LogP contribution is 2.57. The molecule has 0 unspecified atom stereocenters. The fourth-order valence-corrected chi connectivity index (χ4v) is 11.3. The van der Waals surface area contributed by atoms with E-state index in [2.05, 4.69) is 221 Å². The molecule has 0 radical (unpaired) electrons. The van der Waals surface area contributed by atoms with Gasteiger partial charge in [-0.1, -0.05) is 200 Å². The van der Waals surface area contributed by atoms with E-state index >= 15 is 0 Å². The van der Waals surface area contributed by atoms with Gasteiger partial charge in [0, 0.05) is 49.6 Å². The molecule has 0 atom stereocenters. The van der Waals surface area contributed by atoms with E-state index in [1.54, 1.807) is 0 Å². The SMILES string of the molecule is c1ccc(-c2nc(-c3ccccc3)nc(-c3ccc4c(c3)C(c3ccccc3)(c3ccccc3)c3cc(-n5c6ccccc6c6c5ccc5c7ccccc7n(-c7ccccc7)c56)ccc3-4)n2)cc1. The molecule has 322 valence electrons. The van der Waals surface area contributed by atoms with Crippen LogP contribution in [-0.4, -0.2) is 24.1 Å². The van der Waals surface area contributed by atoms with Crippen molar-refractivity contribution in [2.45, 2.75) is 5.41 Å². The first-order valence-electron chi connectivity index (χ1n) is 23.5. The molecule has 0 saturated heterocycles. The lowest BCUT2D eigenvalue weighted by molar-refractivity contribution is 0.767. The molecule has 3 heterocycles. The van der Waals surface area contributed by atoms with Gasteiger partial charge in [-0.2, -0.15) is 0 Å². The van der Waals surface area contributed by atoms with Gasteiger partial charge in [-0.05, 0) is 81.9 Å². The van der Waals surface area contributed by atoms with E-state index in [-0.39, 0.29) is 0 Å². The van der Waals surface area contributed by atoms with E-state index in [1.807, 2.05) is 36.4 Å². The Bertz CT molecular complexity index is 4010. The van der Waals surface area contributed by atoms with Crippen molar-refractivity contribution in [2.75, 3.05) is 0 Å². The number of fused-ring (bicyclic) bond motifs is 10. The molecule has 0 amide bonds. The maximum absolute atomic E-state index is 5.21. The fraction of sp³-hybridized carbons (Fsp3) is 0.0156. The van der Waals surface area contributed by atoms with Gasteiger partial charge in [-0.3, -0.25) is 0 Å². The summed E-state index contributed by atoms with van der Waals surface area (Å²) in [6, 6.07) is 89.5. The summed E-state index contributed by atoms with van der Waals surface area (Å²) in [6.45, 7) is 0. The summed E-state index contributed by atoms with van der Waals surface area (Å²) in [4.78, 5) is 15.4. The largest absolute Gasteiger partial charge is 0.309 e. The van der Waals surface area contributed by atoms with Gasteiger partial charge in [0.1, 0.15) is 0 Å². The highest BCUT2D eigenvalue weighted by Gasteiger charge is 2.46. The quantitative estimate of drug-likeness (QED) is 0.160. The Kier molecular flexibility index (Phi) is 8.73. The summed E-state index contributed by atoms with van der Waals surface area (Å²) in [7, 11) is 0. The van der Waals surface area contributed by atoms with Crippen LogP contribution in [0.15, 0.2) is 249 Å². The third-order valence-electron chi connectivity index (χ3n) is 14.2. The van der Waals surface area contributed by atoms with E-state index < -0.39 is 5.41 Å². The lowest BCUT2D eigenvalue weighted by Crippen LogP contribution is -2.28. The van der Waals surface area contributed by atoms with Gasteiger partial charge < -0.3 is 9.13 Å². The summed E-state index contributed by atoms with van der Waals surface area (Å²) < 4.78 is 4.93. The lowest BCUT2D eigenvalue weighted by Gasteiger charge is -2.34. The number of nitrogens with zero attached hydrogens (tertiary/aromatic N) is 5. The van der Waals surface area contributed by atoms with Crippen molar-refractivity contribution < 1.29 is 0 Å². The van der Waals surface area contributed by atoms with Gasteiger partial charge >= 0.3 is 0 Å². The average molecular weight is 880 g/mol. The zero-order valence-electron chi connectivity index (χ0n) is 37.4. The van der Waals surface area contributed by atoms with Gasteiger partial charge in [0.25, 0.3) is 0 Å². The van der Waals surface area contributed by atoms with Crippen LogP contribution in [-0.2, 0) is 5.41 Å². The van der Waals surface area contributed by atoms with Crippen LogP contribution in [0.2, 0.25) is 0 Å². The normalized spacial score (nSPS) is 12.8. The summed E-state index contributed by atoms with van der Waals surface area (Å²) in [5, 5.41) is 4.93. The van der Waals surface area contributed by atoms with Crippen LogP contribution in [0.3, 0.4) is 0 Å². The zero-order valence-corrected chi connectivity index (χ0v) is 37.4. The second kappa shape index (κ2) is 15.4. The number of benzene rings is 10. The first kappa shape index (κ1) is 39.0.